The largest absolute Gasteiger partial charge is 0.152 e. The lowest BCUT2D eigenvalue weighted by atomic mass is 9.95. The lowest BCUT2D eigenvalue weighted by molar-refractivity contribution is 0.546. The summed E-state index contributed by atoms with van der Waals surface area (Å²) in [6, 6.07) is 7.04. The van der Waals surface area contributed by atoms with Gasteiger partial charge in [-0.25, -0.2) is 0 Å². The SMILES string of the molecule is C=CPC(SC)c1cc(C=C)cc(CC2CCCC2)c1. The molecule has 0 N–H and O–H groups in total. The van der Waals surface area contributed by atoms with E-state index in [9.17, 15) is 0 Å². The maximum absolute atomic E-state index is 3.95. The number of hydrogen-bond acceptors (Lipinski definition) is 1. The summed E-state index contributed by atoms with van der Waals surface area (Å²) in [4.78, 5) is 0.551. The van der Waals surface area contributed by atoms with Crippen molar-refractivity contribution in [2.24, 2.45) is 5.92 Å². The molecule has 1 aromatic rings. The molecule has 0 spiro atoms. The first-order chi connectivity index (χ1) is 9.76. The Hall–Kier alpha value is -0.520. The summed E-state index contributed by atoms with van der Waals surface area (Å²) in [5.74, 6) is 2.95. The maximum Gasteiger partial charge on any atom is 0.0499 e. The molecule has 1 aliphatic carbocycles. The summed E-state index contributed by atoms with van der Waals surface area (Å²) < 4.78 is 0. The Morgan fingerprint density at radius 1 is 1.30 bits per heavy atom. The van der Waals surface area contributed by atoms with E-state index in [-0.39, 0.29) is 0 Å². The first kappa shape index (κ1) is 15.9. The van der Waals surface area contributed by atoms with Crippen molar-refractivity contribution in [1.29, 1.82) is 0 Å². The van der Waals surface area contributed by atoms with Gasteiger partial charge in [-0.3, -0.25) is 0 Å². The highest BCUT2D eigenvalue weighted by molar-refractivity contribution is 8.03. The van der Waals surface area contributed by atoms with Crippen molar-refractivity contribution < 1.29 is 0 Å². The van der Waals surface area contributed by atoms with Crippen molar-refractivity contribution in [3.63, 3.8) is 0 Å². The topological polar surface area (TPSA) is 0 Å². The van der Waals surface area contributed by atoms with Gasteiger partial charge in [0.05, 0.1) is 0 Å². The van der Waals surface area contributed by atoms with E-state index in [4.69, 9.17) is 0 Å². The van der Waals surface area contributed by atoms with E-state index in [1.807, 2.05) is 17.8 Å². The van der Waals surface area contributed by atoms with Gasteiger partial charge in [0.25, 0.3) is 0 Å². The molecular weight excluding hydrogens is 279 g/mol. The van der Waals surface area contributed by atoms with Crippen LogP contribution in [-0.4, -0.2) is 6.26 Å². The zero-order valence-electron chi connectivity index (χ0n) is 12.4. The van der Waals surface area contributed by atoms with E-state index in [1.165, 1.54) is 48.8 Å². The zero-order valence-corrected chi connectivity index (χ0v) is 14.2. The molecule has 0 aromatic heterocycles. The van der Waals surface area contributed by atoms with Gasteiger partial charge in [-0.1, -0.05) is 77.5 Å². The molecule has 2 rings (SSSR count). The predicted molar refractivity (Wildman–Crippen MR) is 97.0 cm³/mol. The zero-order chi connectivity index (χ0) is 14.4. The van der Waals surface area contributed by atoms with Gasteiger partial charge in [0, 0.05) is 4.99 Å². The van der Waals surface area contributed by atoms with Crippen LogP contribution < -0.4 is 0 Å². The van der Waals surface area contributed by atoms with Crippen LogP contribution in [-0.2, 0) is 6.42 Å². The van der Waals surface area contributed by atoms with Gasteiger partial charge in [-0.2, -0.15) is 11.8 Å². The van der Waals surface area contributed by atoms with E-state index in [2.05, 4.69) is 43.4 Å². The van der Waals surface area contributed by atoms with Crippen molar-refractivity contribution in [2.75, 3.05) is 6.26 Å². The van der Waals surface area contributed by atoms with Crippen molar-refractivity contribution >= 4 is 26.4 Å². The second kappa shape index (κ2) is 8.05. The molecule has 0 bridgehead atoms. The minimum Gasteiger partial charge on any atom is -0.152 e. The van der Waals surface area contributed by atoms with Gasteiger partial charge >= 0.3 is 0 Å². The first-order valence-electron chi connectivity index (χ1n) is 7.43. The average Bonchev–Trinajstić information content (AvgIpc) is 2.97. The van der Waals surface area contributed by atoms with Gasteiger partial charge < -0.3 is 0 Å². The Labute approximate surface area is 129 Å². The molecular formula is C18H25PS. The standard InChI is InChI=1S/C18H25PS/c1-4-14-10-16(11-15-8-6-7-9-15)13-17(12-14)18(20-3)19-5-2/h4-5,10,12-13,15,18-19H,1-2,6-9,11H2,3H3. The molecule has 2 heteroatoms. The minimum absolute atomic E-state index is 0.551. The van der Waals surface area contributed by atoms with Gasteiger partial charge in [-0.05, 0) is 35.3 Å². The van der Waals surface area contributed by atoms with E-state index >= 15 is 0 Å². The van der Waals surface area contributed by atoms with Gasteiger partial charge in [0.2, 0.25) is 0 Å². The Morgan fingerprint density at radius 3 is 2.65 bits per heavy atom. The van der Waals surface area contributed by atoms with Gasteiger partial charge in [-0.15, -0.1) is 0 Å². The molecule has 1 aliphatic rings. The second-order valence-corrected chi connectivity index (χ2v) is 8.23. The number of benzene rings is 1. The lowest BCUT2D eigenvalue weighted by Crippen LogP contribution is -2.00. The van der Waals surface area contributed by atoms with Crippen molar-refractivity contribution in [3.8, 4) is 0 Å². The van der Waals surface area contributed by atoms with Crippen LogP contribution in [0.2, 0.25) is 0 Å². The molecule has 0 amide bonds. The van der Waals surface area contributed by atoms with Crippen LogP contribution in [0.4, 0.5) is 0 Å². The molecule has 2 atom stereocenters. The Kier molecular flexibility index (Phi) is 6.39. The Balaban J connectivity index is 2.22. The van der Waals surface area contributed by atoms with E-state index in [0.717, 1.165) is 14.5 Å². The molecule has 108 valence electrons. The molecule has 1 saturated carbocycles. The second-order valence-electron chi connectivity index (χ2n) is 5.55. The maximum atomic E-state index is 3.95. The third-order valence-corrected chi connectivity index (χ3v) is 6.81. The lowest BCUT2D eigenvalue weighted by Gasteiger charge is -2.17. The summed E-state index contributed by atoms with van der Waals surface area (Å²) >= 11 is 1.93. The summed E-state index contributed by atoms with van der Waals surface area (Å²) in [5.41, 5.74) is 4.21. The third kappa shape index (κ3) is 4.24. The van der Waals surface area contributed by atoms with E-state index in [0.29, 0.717) is 4.99 Å². The fraction of sp³-hybridized carbons (Fsp3) is 0.444. The van der Waals surface area contributed by atoms with Crippen LogP contribution in [0.3, 0.4) is 0 Å². The number of hydrogen-bond donors (Lipinski definition) is 0. The van der Waals surface area contributed by atoms with Crippen LogP contribution in [0.5, 0.6) is 0 Å². The molecule has 2 unspecified atom stereocenters. The van der Waals surface area contributed by atoms with Crippen molar-refractivity contribution in [2.45, 2.75) is 37.1 Å². The monoisotopic (exact) mass is 304 g/mol. The van der Waals surface area contributed by atoms with Crippen LogP contribution in [0.25, 0.3) is 6.08 Å². The molecule has 0 heterocycles. The van der Waals surface area contributed by atoms with Crippen molar-refractivity contribution in [1.82, 2.24) is 0 Å². The highest BCUT2D eigenvalue weighted by atomic mass is 32.2. The molecule has 0 aliphatic heterocycles. The van der Waals surface area contributed by atoms with E-state index < -0.39 is 0 Å². The first-order valence-corrected chi connectivity index (χ1v) is 9.87. The number of rotatable bonds is 7. The molecule has 0 nitrogen and oxygen atoms in total. The molecule has 1 aromatic carbocycles. The summed E-state index contributed by atoms with van der Waals surface area (Å²) in [6.07, 6.45) is 11.1. The highest BCUT2D eigenvalue weighted by Gasteiger charge is 2.17. The quantitative estimate of drug-likeness (QED) is 0.537. The third-order valence-electron chi connectivity index (χ3n) is 4.08. The average molecular weight is 304 g/mol. The molecule has 20 heavy (non-hydrogen) atoms. The normalized spacial score (nSPS) is 17.6. The summed E-state index contributed by atoms with van der Waals surface area (Å²) in [6.45, 7) is 7.85. The summed E-state index contributed by atoms with van der Waals surface area (Å²) in [7, 11) is 0.779. The van der Waals surface area contributed by atoms with Crippen LogP contribution in [0.1, 0.15) is 47.4 Å². The predicted octanol–water partition coefficient (Wildman–Crippen LogP) is 6.25. The fourth-order valence-corrected chi connectivity index (χ4v) is 4.90. The van der Waals surface area contributed by atoms with Gasteiger partial charge in [0.15, 0.2) is 0 Å². The highest BCUT2D eigenvalue weighted by Crippen LogP contribution is 2.44. The van der Waals surface area contributed by atoms with Crippen LogP contribution >= 0.6 is 20.3 Å². The smallest absolute Gasteiger partial charge is 0.0499 e. The Bertz CT molecular complexity index is 460. The van der Waals surface area contributed by atoms with E-state index in [1.54, 1.807) is 0 Å². The number of thioether (sulfide) groups is 1. The fourth-order valence-electron chi connectivity index (χ4n) is 3.09. The molecule has 0 radical (unpaired) electrons. The minimum atomic E-state index is 0.551. The summed E-state index contributed by atoms with van der Waals surface area (Å²) in [5, 5.41) is 0. The molecule has 1 fully saturated rings. The van der Waals surface area contributed by atoms with Crippen molar-refractivity contribution in [3.05, 3.63) is 53.9 Å². The Morgan fingerprint density at radius 2 is 2.05 bits per heavy atom. The van der Waals surface area contributed by atoms with Gasteiger partial charge in [0.1, 0.15) is 0 Å². The van der Waals surface area contributed by atoms with Crippen LogP contribution in [0, 0.1) is 5.92 Å². The molecule has 0 saturated heterocycles. The van der Waals surface area contributed by atoms with Crippen LogP contribution in [0.15, 0.2) is 37.2 Å².